The zero-order valence-electron chi connectivity index (χ0n) is 13.6. The number of amides is 1. The van der Waals surface area contributed by atoms with Crippen LogP contribution in [0.1, 0.15) is 22.3 Å². The highest BCUT2D eigenvalue weighted by molar-refractivity contribution is 7.99. The van der Waals surface area contributed by atoms with Gasteiger partial charge >= 0.3 is 0 Å². The smallest absolute Gasteiger partial charge is 0.230 e. The van der Waals surface area contributed by atoms with Gasteiger partial charge in [-0.25, -0.2) is 0 Å². The third-order valence-electron chi connectivity index (χ3n) is 3.43. The molecule has 0 saturated heterocycles. The third-order valence-corrected chi connectivity index (χ3v) is 4.69. The summed E-state index contributed by atoms with van der Waals surface area (Å²) in [6, 6.07) is 14.2. The van der Waals surface area contributed by atoms with Gasteiger partial charge in [0.2, 0.25) is 5.91 Å². The maximum absolute atomic E-state index is 11.9. The van der Waals surface area contributed by atoms with Crippen LogP contribution in [0.25, 0.3) is 0 Å². The monoisotopic (exact) mass is 347 g/mol. The molecule has 0 aliphatic heterocycles. The van der Waals surface area contributed by atoms with Crippen molar-refractivity contribution >= 4 is 29.3 Å². The molecule has 0 heterocycles. The second kappa shape index (κ2) is 8.99. The number of thioether (sulfide) groups is 1. The van der Waals surface area contributed by atoms with E-state index in [1.54, 1.807) is 11.8 Å². The number of halogens is 1. The van der Waals surface area contributed by atoms with Crippen LogP contribution in [0.5, 0.6) is 0 Å². The molecule has 2 nitrogen and oxygen atoms in total. The van der Waals surface area contributed by atoms with Crippen LogP contribution in [0.15, 0.2) is 42.5 Å². The van der Waals surface area contributed by atoms with Gasteiger partial charge in [-0.3, -0.25) is 4.79 Å². The molecular formula is C19H22ClNOS. The maximum Gasteiger partial charge on any atom is 0.230 e. The van der Waals surface area contributed by atoms with Crippen LogP contribution in [0.3, 0.4) is 0 Å². The molecule has 0 atom stereocenters. The van der Waals surface area contributed by atoms with Crippen LogP contribution in [0, 0.1) is 13.8 Å². The Morgan fingerprint density at radius 3 is 2.35 bits per heavy atom. The highest BCUT2D eigenvalue weighted by atomic mass is 35.5. The molecule has 4 heteroatoms. The topological polar surface area (TPSA) is 29.1 Å². The maximum atomic E-state index is 11.9. The summed E-state index contributed by atoms with van der Waals surface area (Å²) in [6.45, 7) is 4.86. The van der Waals surface area contributed by atoms with Crippen LogP contribution < -0.4 is 5.32 Å². The average molecular weight is 348 g/mol. The van der Waals surface area contributed by atoms with Crippen molar-refractivity contribution in [1.29, 1.82) is 0 Å². The van der Waals surface area contributed by atoms with Crippen molar-refractivity contribution < 1.29 is 4.79 Å². The van der Waals surface area contributed by atoms with Gasteiger partial charge in [0.25, 0.3) is 0 Å². The Hall–Kier alpha value is -1.45. The van der Waals surface area contributed by atoms with Crippen molar-refractivity contribution in [3.8, 4) is 0 Å². The predicted molar refractivity (Wildman–Crippen MR) is 100 cm³/mol. The molecule has 1 amide bonds. The highest BCUT2D eigenvalue weighted by Crippen LogP contribution is 2.15. The fourth-order valence-corrected chi connectivity index (χ4v) is 3.38. The number of nitrogens with one attached hydrogen (secondary N) is 1. The van der Waals surface area contributed by atoms with Crippen molar-refractivity contribution in [2.45, 2.75) is 26.0 Å². The van der Waals surface area contributed by atoms with Gasteiger partial charge in [-0.05, 0) is 43.5 Å². The number of benzene rings is 2. The second-order valence-corrected chi connectivity index (χ2v) is 7.14. The molecule has 0 saturated carbocycles. The molecule has 2 rings (SSSR count). The Labute approximate surface area is 147 Å². The number of rotatable bonds is 7. The fraction of sp³-hybridized carbons (Fsp3) is 0.316. The number of hydrogen-bond donors (Lipinski definition) is 1. The van der Waals surface area contributed by atoms with Crippen LogP contribution in [-0.2, 0) is 17.0 Å². The lowest BCUT2D eigenvalue weighted by molar-refractivity contribution is -0.118. The zero-order chi connectivity index (χ0) is 16.7. The predicted octanol–water partition coefficient (Wildman–Crippen LogP) is 4.55. The van der Waals surface area contributed by atoms with E-state index in [0.717, 1.165) is 17.2 Å². The first-order valence-electron chi connectivity index (χ1n) is 7.69. The molecule has 2 aromatic carbocycles. The van der Waals surface area contributed by atoms with E-state index in [0.29, 0.717) is 12.3 Å². The summed E-state index contributed by atoms with van der Waals surface area (Å²) in [5, 5.41) is 3.70. The molecule has 2 aromatic rings. The molecule has 0 bridgehead atoms. The Balaban J connectivity index is 1.66. The molecule has 1 N–H and O–H groups in total. The second-order valence-electron chi connectivity index (χ2n) is 5.72. The lowest BCUT2D eigenvalue weighted by atomic mass is 10.1. The summed E-state index contributed by atoms with van der Waals surface area (Å²) in [4.78, 5) is 11.9. The minimum Gasteiger partial charge on any atom is -0.355 e. The van der Waals surface area contributed by atoms with Crippen molar-refractivity contribution in [3.63, 3.8) is 0 Å². The highest BCUT2D eigenvalue weighted by Gasteiger charge is 2.03. The first-order valence-corrected chi connectivity index (χ1v) is 9.22. The van der Waals surface area contributed by atoms with Crippen LogP contribution in [-0.4, -0.2) is 18.2 Å². The summed E-state index contributed by atoms with van der Waals surface area (Å²) >= 11 is 7.50. The van der Waals surface area contributed by atoms with Gasteiger partial charge in [0.05, 0.1) is 5.75 Å². The van der Waals surface area contributed by atoms with E-state index >= 15 is 0 Å². The van der Waals surface area contributed by atoms with Gasteiger partial charge < -0.3 is 5.32 Å². The van der Waals surface area contributed by atoms with Crippen LogP contribution in [0.4, 0.5) is 0 Å². The largest absolute Gasteiger partial charge is 0.355 e. The molecule has 0 aromatic heterocycles. The van der Waals surface area contributed by atoms with Crippen LogP contribution >= 0.6 is 23.4 Å². The molecule has 0 spiro atoms. The fourth-order valence-electron chi connectivity index (χ4n) is 2.46. The van der Waals surface area contributed by atoms with Gasteiger partial charge in [-0.2, -0.15) is 0 Å². The quantitative estimate of drug-likeness (QED) is 0.796. The van der Waals surface area contributed by atoms with Crippen molar-refractivity contribution in [1.82, 2.24) is 5.32 Å². The Morgan fingerprint density at radius 1 is 1.04 bits per heavy atom. The van der Waals surface area contributed by atoms with Crippen molar-refractivity contribution in [2.75, 3.05) is 12.3 Å². The van der Waals surface area contributed by atoms with E-state index in [2.05, 4.69) is 37.4 Å². The average Bonchev–Trinajstić information content (AvgIpc) is 2.48. The van der Waals surface area contributed by atoms with Gasteiger partial charge in [0.15, 0.2) is 0 Å². The van der Waals surface area contributed by atoms with Crippen molar-refractivity contribution in [2.24, 2.45) is 0 Å². The molecule has 0 unspecified atom stereocenters. The van der Waals surface area contributed by atoms with E-state index in [9.17, 15) is 4.79 Å². The lowest BCUT2D eigenvalue weighted by Crippen LogP contribution is -2.27. The molecular weight excluding hydrogens is 326 g/mol. The Bertz CT molecular complexity index is 635. The molecule has 23 heavy (non-hydrogen) atoms. The first-order chi connectivity index (χ1) is 11.0. The summed E-state index contributed by atoms with van der Waals surface area (Å²) in [5.41, 5.74) is 5.00. The van der Waals surface area contributed by atoms with Crippen LogP contribution in [0.2, 0.25) is 5.02 Å². The van der Waals surface area contributed by atoms with Gasteiger partial charge in [-0.1, -0.05) is 53.1 Å². The number of carbonyl (C=O) groups is 1. The van der Waals surface area contributed by atoms with E-state index in [4.69, 9.17) is 11.6 Å². The van der Waals surface area contributed by atoms with Gasteiger partial charge in [0, 0.05) is 17.3 Å². The van der Waals surface area contributed by atoms with E-state index < -0.39 is 0 Å². The first kappa shape index (κ1) is 17.9. The normalized spacial score (nSPS) is 10.6. The Kier molecular flexibility index (Phi) is 7.00. The van der Waals surface area contributed by atoms with E-state index in [1.807, 2.05) is 24.3 Å². The van der Waals surface area contributed by atoms with E-state index in [1.165, 1.54) is 22.3 Å². The molecule has 0 radical (unpaired) electrons. The summed E-state index contributed by atoms with van der Waals surface area (Å²) in [6.07, 6.45) is 0.824. The SMILES string of the molecule is Cc1cc(C)cc(CSCC(=O)NCCc2ccc(Cl)cc2)c1. The number of carbonyl (C=O) groups excluding carboxylic acids is 1. The summed E-state index contributed by atoms with van der Waals surface area (Å²) in [7, 11) is 0. The van der Waals surface area contributed by atoms with E-state index in [-0.39, 0.29) is 5.91 Å². The third kappa shape index (κ3) is 6.67. The Morgan fingerprint density at radius 2 is 1.70 bits per heavy atom. The molecule has 0 aliphatic rings. The summed E-state index contributed by atoms with van der Waals surface area (Å²) in [5.74, 6) is 1.45. The zero-order valence-corrected chi connectivity index (χ0v) is 15.1. The minimum absolute atomic E-state index is 0.0911. The number of aryl methyl sites for hydroxylation is 2. The molecule has 0 fully saturated rings. The van der Waals surface area contributed by atoms with Gasteiger partial charge in [0.1, 0.15) is 0 Å². The standard InChI is InChI=1S/C19H22ClNOS/c1-14-9-15(2)11-17(10-14)12-23-13-19(22)21-8-7-16-3-5-18(20)6-4-16/h3-6,9-11H,7-8,12-13H2,1-2H3,(H,21,22). The molecule has 122 valence electrons. The number of hydrogen-bond acceptors (Lipinski definition) is 2. The summed E-state index contributed by atoms with van der Waals surface area (Å²) < 4.78 is 0. The lowest BCUT2D eigenvalue weighted by Gasteiger charge is -2.07. The minimum atomic E-state index is 0.0911. The van der Waals surface area contributed by atoms with Gasteiger partial charge in [-0.15, -0.1) is 11.8 Å². The molecule has 0 aliphatic carbocycles. The van der Waals surface area contributed by atoms with Crippen molar-refractivity contribution in [3.05, 3.63) is 69.7 Å².